The molecule has 8 heteroatoms. The Morgan fingerprint density at radius 2 is 1.54 bits per heavy atom. The van der Waals surface area contributed by atoms with Gasteiger partial charge in [-0.2, -0.15) is 0 Å². The van der Waals surface area contributed by atoms with E-state index >= 15 is 0 Å². The third-order valence-corrected chi connectivity index (χ3v) is 7.44. The van der Waals surface area contributed by atoms with E-state index < -0.39 is 18.1 Å². The van der Waals surface area contributed by atoms with Crippen LogP contribution < -0.4 is 15.4 Å². The summed E-state index contributed by atoms with van der Waals surface area (Å²) in [4.78, 5) is 38.7. The lowest BCUT2D eigenvalue weighted by atomic mass is 9.98. The Hall–Kier alpha value is -4.69. The summed E-state index contributed by atoms with van der Waals surface area (Å²) < 4.78 is 11.6. The van der Waals surface area contributed by atoms with Gasteiger partial charge in [0.05, 0.1) is 25.1 Å². The van der Waals surface area contributed by atoms with Crippen molar-refractivity contribution in [3.05, 3.63) is 127 Å². The number of aliphatic hydroxyl groups is 1. The Balaban J connectivity index is 1.51. The zero-order chi connectivity index (χ0) is 33.0. The second-order valence-electron chi connectivity index (χ2n) is 11.2. The number of carbonyl (C=O) groups excluding carboxylic acids is 3. The minimum absolute atomic E-state index is 0.0703. The molecule has 0 fully saturated rings. The number of hydrogen-bond donors (Lipinski definition) is 3. The van der Waals surface area contributed by atoms with Gasteiger partial charge < -0.3 is 25.2 Å². The molecular formula is C38H46N2O6. The van der Waals surface area contributed by atoms with Crippen LogP contribution in [-0.2, 0) is 32.1 Å². The number of allylic oxidation sites excluding steroid dienone is 2. The van der Waals surface area contributed by atoms with E-state index in [1.165, 1.54) is 0 Å². The molecule has 244 valence electrons. The van der Waals surface area contributed by atoms with Crippen LogP contribution in [0.5, 0.6) is 5.75 Å². The van der Waals surface area contributed by atoms with Crippen LogP contribution >= 0.6 is 0 Å². The molecule has 0 bridgehead atoms. The van der Waals surface area contributed by atoms with E-state index in [1.807, 2.05) is 91.0 Å². The predicted molar refractivity (Wildman–Crippen MR) is 180 cm³/mol. The smallest absolute Gasteiger partial charge is 0.306 e. The quantitative estimate of drug-likeness (QED) is 0.0758. The zero-order valence-electron chi connectivity index (χ0n) is 26.4. The fourth-order valence-corrected chi connectivity index (χ4v) is 4.91. The Kier molecular flexibility index (Phi) is 15.8. The van der Waals surface area contributed by atoms with Gasteiger partial charge in [-0.15, -0.1) is 13.2 Å². The largest absolute Gasteiger partial charge is 0.489 e. The molecule has 2 amide bonds. The number of benzene rings is 3. The first-order valence-electron chi connectivity index (χ1n) is 15.8. The number of ether oxygens (including phenoxy) is 2. The molecule has 8 nitrogen and oxygen atoms in total. The van der Waals surface area contributed by atoms with Gasteiger partial charge in [0.1, 0.15) is 18.5 Å². The molecule has 0 spiro atoms. The molecule has 0 heterocycles. The molecule has 0 saturated heterocycles. The highest BCUT2D eigenvalue weighted by Gasteiger charge is 2.24. The van der Waals surface area contributed by atoms with Crippen LogP contribution in [-0.4, -0.2) is 42.1 Å². The molecule has 46 heavy (non-hydrogen) atoms. The molecule has 3 aromatic carbocycles. The summed E-state index contributed by atoms with van der Waals surface area (Å²) >= 11 is 0. The standard InChI is InChI=1S/C38H46N2O6/c1-3-5-6-13-19-37(43)46-35(31-17-11-8-12-18-31)26-39-38(44)32(14-4-2)25-36(42)40-33(27-41)24-29-20-22-34(23-21-29)45-28-30-15-9-7-10-16-30/h3-4,7-12,15-18,20-23,32-33,35,41H,1-2,5-6,13-14,19,24-28H2,(H,39,44)(H,40,42)/t32-,33-,35+/m0/s1. The fourth-order valence-electron chi connectivity index (χ4n) is 4.91. The highest BCUT2D eigenvalue weighted by atomic mass is 16.5. The first-order chi connectivity index (χ1) is 22.4. The van der Waals surface area contributed by atoms with Crippen LogP contribution in [0.3, 0.4) is 0 Å². The number of amides is 2. The number of rotatable bonds is 21. The summed E-state index contributed by atoms with van der Waals surface area (Å²) in [5, 5.41) is 15.7. The highest BCUT2D eigenvalue weighted by Crippen LogP contribution is 2.20. The monoisotopic (exact) mass is 626 g/mol. The van der Waals surface area contributed by atoms with Crippen molar-refractivity contribution in [3.8, 4) is 5.75 Å². The summed E-state index contributed by atoms with van der Waals surface area (Å²) in [6.45, 7) is 7.72. The van der Waals surface area contributed by atoms with Gasteiger partial charge in [-0.3, -0.25) is 14.4 Å². The molecule has 0 aliphatic heterocycles. The first kappa shape index (κ1) is 35.8. The number of aliphatic hydroxyl groups excluding tert-OH is 1. The average molecular weight is 627 g/mol. The van der Waals surface area contributed by atoms with Crippen molar-refractivity contribution in [2.45, 2.75) is 63.7 Å². The van der Waals surface area contributed by atoms with Gasteiger partial charge >= 0.3 is 5.97 Å². The number of carbonyl (C=O) groups is 3. The summed E-state index contributed by atoms with van der Waals surface area (Å²) in [7, 11) is 0. The molecule has 0 aliphatic rings. The summed E-state index contributed by atoms with van der Waals surface area (Å²) in [5.74, 6) is -0.982. The molecule has 0 unspecified atom stereocenters. The molecule has 3 N–H and O–H groups in total. The molecule has 3 atom stereocenters. The average Bonchev–Trinajstić information content (AvgIpc) is 3.08. The maximum absolute atomic E-state index is 13.2. The maximum Gasteiger partial charge on any atom is 0.306 e. The van der Waals surface area contributed by atoms with Gasteiger partial charge in [0.25, 0.3) is 0 Å². The molecule has 3 aromatic rings. The van der Waals surface area contributed by atoms with E-state index in [1.54, 1.807) is 6.08 Å². The maximum atomic E-state index is 13.2. The van der Waals surface area contributed by atoms with Gasteiger partial charge in [-0.05, 0) is 60.9 Å². The topological polar surface area (TPSA) is 114 Å². The number of unbranched alkanes of at least 4 members (excludes halogenated alkanes) is 2. The molecule has 0 aliphatic carbocycles. The van der Waals surface area contributed by atoms with Crippen molar-refractivity contribution >= 4 is 17.8 Å². The predicted octanol–water partition coefficient (Wildman–Crippen LogP) is 6.01. The van der Waals surface area contributed by atoms with Crippen LogP contribution in [0, 0.1) is 5.92 Å². The minimum Gasteiger partial charge on any atom is -0.489 e. The third-order valence-electron chi connectivity index (χ3n) is 7.44. The second-order valence-corrected chi connectivity index (χ2v) is 11.2. The summed E-state index contributed by atoms with van der Waals surface area (Å²) in [6.07, 6.45) is 6.03. The third kappa shape index (κ3) is 13.1. The Labute approximate surface area is 272 Å². The van der Waals surface area contributed by atoms with Crippen molar-refractivity contribution in [2.75, 3.05) is 13.2 Å². The van der Waals surface area contributed by atoms with Crippen molar-refractivity contribution in [3.63, 3.8) is 0 Å². The van der Waals surface area contributed by atoms with E-state index in [4.69, 9.17) is 9.47 Å². The Morgan fingerprint density at radius 3 is 2.20 bits per heavy atom. The number of nitrogens with one attached hydrogen (secondary N) is 2. The molecule has 0 saturated carbocycles. The minimum atomic E-state index is -0.677. The zero-order valence-corrected chi connectivity index (χ0v) is 26.4. The van der Waals surface area contributed by atoms with Crippen molar-refractivity contribution < 1.29 is 29.0 Å². The SMILES string of the molecule is C=CCCCCC(=O)O[C@H](CNC(=O)[C@@H](CC=C)CC(=O)N[C@H](CO)Cc1ccc(OCc2ccccc2)cc1)c1ccccc1. The summed E-state index contributed by atoms with van der Waals surface area (Å²) in [5.41, 5.74) is 2.76. The molecule has 3 rings (SSSR count). The van der Waals surface area contributed by atoms with E-state index in [-0.39, 0.29) is 50.2 Å². The number of hydrogen-bond acceptors (Lipinski definition) is 6. The second kappa shape index (κ2) is 20.4. The van der Waals surface area contributed by atoms with E-state index in [9.17, 15) is 19.5 Å². The summed E-state index contributed by atoms with van der Waals surface area (Å²) in [6, 6.07) is 26.1. The van der Waals surface area contributed by atoms with Crippen LogP contribution in [0.15, 0.2) is 110 Å². The van der Waals surface area contributed by atoms with E-state index in [0.29, 0.717) is 19.4 Å². The lowest BCUT2D eigenvalue weighted by Gasteiger charge is -2.22. The van der Waals surface area contributed by atoms with Gasteiger partial charge in [0, 0.05) is 12.8 Å². The molecular weight excluding hydrogens is 580 g/mol. The van der Waals surface area contributed by atoms with Crippen LogP contribution in [0.1, 0.15) is 61.3 Å². The van der Waals surface area contributed by atoms with Crippen LogP contribution in [0.2, 0.25) is 0 Å². The van der Waals surface area contributed by atoms with Gasteiger partial charge in [0.15, 0.2) is 0 Å². The van der Waals surface area contributed by atoms with Crippen molar-refractivity contribution in [1.29, 1.82) is 0 Å². The molecule has 0 aromatic heterocycles. The molecule has 0 radical (unpaired) electrons. The lowest BCUT2D eigenvalue weighted by Crippen LogP contribution is -2.42. The van der Waals surface area contributed by atoms with E-state index in [0.717, 1.165) is 35.3 Å². The fraction of sp³-hybridized carbons (Fsp3) is 0.342. The number of esters is 1. The van der Waals surface area contributed by atoms with Crippen molar-refractivity contribution in [1.82, 2.24) is 10.6 Å². The van der Waals surface area contributed by atoms with Crippen molar-refractivity contribution in [2.24, 2.45) is 5.92 Å². The lowest BCUT2D eigenvalue weighted by molar-refractivity contribution is -0.150. The normalized spacial score (nSPS) is 12.6. The highest BCUT2D eigenvalue weighted by molar-refractivity contribution is 5.86. The van der Waals surface area contributed by atoms with Gasteiger partial charge in [-0.25, -0.2) is 0 Å². The van der Waals surface area contributed by atoms with E-state index in [2.05, 4.69) is 23.8 Å². The van der Waals surface area contributed by atoms with Crippen LogP contribution in [0.4, 0.5) is 0 Å². The Morgan fingerprint density at radius 1 is 0.848 bits per heavy atom. The van der Waals surface area contributed by atoms with Gasteiger partial charge in [0.2, 0.25) is 11.8 Å². The van der Waals surface area contributed by atoms with Crippen LogP contribution in [0.25, 0.3) is 0 Å². The van der Waals surface area contributed by atoms with Gasteiger partial charge in [-0.1, -0.05) is 84.9 Å². The first-order valence-corrected chi connectivity index (χ1v) is 15.8. The Bertz CT molecular complexity index is 1360.